The van der Waals surface area contributed by atoms with E-state index in [-0.39, 0.29) is 24.0 Å². The smallest absolute Gasteiger partial charge is 0.191 e. The third-order valence-electron chi connectivity index (χ3n) is 4.00. The molecule has 3 nitrogen and oxygen atoms in total. The van der Waals surface area contributed by atoms with Crippen molar-refractivity contribution in [3.8, 4) is 0 Å². The van der Waals surface area contributed by atoms with Gasteiger partial charge in [-0.15, -0.1) is 24.0 Å². The number of nitrogens with two attached hydrogens (primary N) is 1. The van der Waals surface area contributed by atoms with Crippen molar-refractivity contribution < 1.29 is 0 Å². The van der Waals surface area contributed by atoms with Gasteiger partial charge in [-0.1, -0.05) is 38.1 Å². The Hall–Kier alpha value is -0.780. The molecule has 4 heteroatoms. The summed E-state index contributed by atoms with van der Waals surface area (Å²) in [5.74, 6) is 1.30. The largest absolute Gasteiger partial charge is 0.370 e. The van der Waals surface area contributed by atoms with Crippen LogP contribution in [0.1, 0.15) is 50.2 Å². The van der Waals surface area contributed by atoms with Gasteiger partial charge in [0.2, 0.25) is 0 Å². The van der Waals surface area contributed by atoms with Gasteiger partial charge in [0.25, 0.3) is 0 Å². The fourth-order valence-electron chi connectivity index (χ4n) is 2.31. The molecule has 0 bridgehead atoms. The fourth-order valence-corrected chi connectivity index (χ4v) is 2.31. The Morgan fingerprint density at radius 1 is 1.29 bits per heavy atom. The number of nitrogens with zero attached hydrogens (tertiary/aromatic N) is 2. The lowest BCUT2D eigenvalue weighted by molar-refractivity contribution is 0.487. The first-order valence-electron chi connectivity index (χ1n) is 7.69. The maximum Gasteiger partial charge on any atom is 0.191 e. The Balaban J connectivity index is 0.00000220. The lowest BCUT2D eigenvalue weighted by Crippen LogP contribution is -2.35. The van der Waals surface area contributed by atoms with E-state index in [0.717, 1.165) is 19.4 Å². The van der Waals surface area contributed by atoms with Crippen LogP contribution in [-0.2, 0) is 6.42 Å². The molecule has 2 N–H and O–H groups in total. The van der Waals surface area contributed by atoms with Crippen LogP contribution in [0.25, 0.3) is 0 Å². The van der Waals surface area contributed by atoms with Crippen LogP contribution < -0.4 is 5.73 Å². The molecule has 0 spiro atoms. The summed E-state index contributed by atoms with van der Waals surface area (Å²) in [6, 6.07) is 9.58. The van der Waals surface area contributed by atoms with Gasteiger partial charge in [-0.25, -0.2) is 0 Å². The topological polar surface area (TPSA) is 41.6 Å². The van der Waals surface area contributed by atoms with E-state index in [2.05, 4.69) is 48.0 Å². The molecule has 1 aliphatic rings. The van der Waals surface area contributed by atoms with Gasteiger partial charge < -0.3 is 10.6 Å². The van der Waals surface area contributed by atoms with Gasteiger partial charge in [0, 0.05) is 19.6 Å². The van der Waals surface area contributed by atoms with Gasteiger partial charge >= 0.3 is 0 Å². The number of aryl methyl sites for hydroxylation is 1. The molecule has 1 aliphatic carbocycles. The quantitative estimate of drug-likeness (QED) is 0.341. The van der Waals surface area contributed by atoms with Crippen LogP contribution in [0.15, 0.2) is 29.3 Å². The van der Waals surface area contributed by atoms with Crippen LogP contribution >= 0.6 is 24.0 Å². The van der Waals surface area contributed by atoms with E-state index in [4.69, 9.17) is 5.73 Å². The molecule has 21 heavy (non-hydrogen) atoms. The molecule has 118 valence electrons. The van der Waals surface area contributed by atoms with Crippen molar-refractivity contribution in [3.63, 3.8) is 0 Å². The third kappa shape index (κ3) is 5.85. The zero-order valence-electron chi connectivity index (χ0n) is 13.4. The molecular formula is C17H28IN3. The summed E-state index contributed by atoms with van der Waals surface area (Å²) in [7, 11) is 2.04. The van der Waals surface area contributed by atoms with Crippen molar-refractivity contribution in [2.45, 2.75) is 51.5 Å². The number of aliphatic imine (C=N–C) groups is 1. The number of guanidine groups is 1. The first-order chi connectivity index (χ1) is 9.58. The predicted molar refractivity (Wildman–Crippen MR) is 102 cm³/mol. The molecule has 2 rings (SSSR count). The molecule has 0 radical (unpaired) electrons. The van der Waals surface area contributed by atoms with Crippen molar-refractivity contribution in [1.29, 1.82) is 0 Å². The molecule has 1 saturated carbocycles. The summed E-state index contributed by atoms with van der Waals surface area (Å²) >= 11 is 0. The maximum absolute atomic E-state index is 5.97. The van der Waals surface area contributed by atoms with Crippen LogP contribution in [0.5, 0.6) is 0 Å². The van der Waals surface area contributed by atoms with E-state index < -0.39 is 0 Å². The maximum atomic E-state index is 5.97. The standard InChI is InChI=1S/C17H27N3.HI/c1-13(2)15-8-6-14(7-9-15)5-4-12-19-17(18)20(3)16-10-11-16;/h6-9,13,16H,4-5,10-12H2,1-3H3,(H2,18,19);1H. The third-order valence-corrected chi connectivity index (χ3v) is 4.00. The molecule has 1 fully saturated rings. The summed E-state index contributed by atoms with van der Waals surface area (Å²) in [4.78, 5) is 6.58. The average molecular weight is 401 g/mol. The summed E-state index contributed by atoms with van der Waals surface area (Å²) < 4.78 is 0. The highest BCUT2D eigenvalue weighted by Crippen LogP contribution is 2.24. The van der Waals surface area contributed by atoms with Crippen LogP contribution in [0.3, 0.4) is 0 Å². The van der Waals surface area contributed by atoms with Crippen molar-refractivity contribution in [2.24, 2.45) is 10.7 Å². The average Bonchev–Trinajstić information content (AvgIpc) is 3.27. The lowest BCUT2D eigenvalue weighted by atomic mass is 10.0. The first kappa shape index (κ1) is 18.3. The molecule has 0 saturated heterocycles. The van der Waals surface area contributed by atoms with Crippen LogP contribution in [0.2, 0.25) is 0 Å². The molecule has 0 aromatic heterocycles. The monoisotopic (exact) mass is 401 g/mol. The highest BCUT2D eigenvalue weighted by Gasteiger charge is 2.27. The minimum absolute atomic E-state index is 0. The van der Waals surface area contributed by atoms with Gasteiger partial charge in [0.1, 0.15) is 0 Å². The van der Waals surface area contributed by atoms with Gasteiger partial charge in [-0.05, 0) is 42.7 Å². The van der Waals surface area contributed by atoms with Crippen LogP contribution in [0, 0.1) is 0 Å². The number of rotatable bonds is 6. The Kier molecular flexibility index (Phi) is 7.49. The number of halogens is 1. The second-order valence-corrected chi connectivity index (χ2v) is 6.08. The van der Waals surface area contributed by atoms with E-state index in [9.17, 15) is 0 Å². The molecule has 0 amide bonds. The second-order valence-electron chi connectivity index (χ2n) is 6.08. The van der Waals surface area contributed by atoms with E-state index in [1.54, 1.807) is 0 Å². The van der Waals surface area contributed by atoms with Gasteiger partial charge in [0.05, 0.1) is 0 Å². The van der Waals surface area contributed by atoms with Gasteiger partial charge in [-0.2, -0.15) is 0 Å². The minimum atomic E-state index is 0. The van der Waals surface area contributed by atoms with E-state index >= 15 is 0 Å². The molecule has 0 aliphatic heterocycles. The molecule has 1 aromatic rings. The minimum Gasteiger partial charge on any atom is -0.370 e. The molecule has 0 atom stereocenters. The van der Waals surface area contributed by atoms with Gasteiger partial charge in [0.15, 0.2) is 5.96 Å². The Labute approximate surface area is 146 Å². The van der Waals surface area contributed by atoms with Gasteiger partial charge in [-0.3, -0.25) is 4.99 Å². The summed E-state index contributed by atoms with van der Waals surface area (Å²) in [5, 5.41) is 0. The second kappa shape index (κ2) is 8.61. The van der Waals surface area contributed by atoms with Crippen molar-refractivity contribution >= 4 is 29.9 Å². The van der Waals surface area contributed by atoms with Crippen LogP contribution in [-0.4, -0.2) is 30.5 Å². The SMILES string of the molecule is CC(C)c1ccc(CCCN=C(N)N(C)C2CC2)cc1.I. The Morgan fingerprint density at radius 2 is 1.90 bits per heavy atom. The zero-order valence-corrected chi connectivity index (χ0v) is 15.7. The predicted octanol–water partition coefficient (Wildman–Crippen LogP) is 3.77. The lowest BCUT2D eigenvalue weighted by Gasteiger charge is -2.16. The molecular weight excluding hydrogens is 373 g/mol. The summed E-state index contributed by atoms with van der Waals surface area (Å²) in [6.07, 6.45) is 4.65. The zero-order chi connectivity index (χ0) is 14.5. The Bertz CT molecular complexity index is 450. The molecule has 0 heterocycles. The molecule has 1 aromatic carbocycles. The number of benzene rings is 1. The Morgan fingerprint density at radius 3 is 2.43 bits per heavy atom. The molecule has 0 unspecified atom stereocenters. The van der Waals surface area contributed by atoms with Crippen molar-refractivity contribution in [2.75, 3.05) is 13.6 Å². The fraction of sp³-hybridized carbons (Fsp3) is 0.588. The first-order valence-corrected chi connectivity index (χ1v) is 7.69. The number of hydrogen-bond donors (Lipinski definition) is 1. The highest BCUT2D eigenvalue weighted by atomic mass is 127. The van der Waals surface area contributed by atoms with Crippen molar-refractivity contribution in [3.05, 3.63) is 35.4 Å². The van der Waals surface area contributed by atoms with E-state index in [1.807, 2.05) is 7.05 Å². The summed E-state index contributed by atoms with van der Waals surface area (Å²) in [5.41, 5.74) is 8.76. The number of hydrogen-bond acceptors (Lipinski definition) is 1. The highest BCUT2D eigenvalue weighted by molar-refractivity contribution is 14.0. The van der Waals surface area contributed by atoms with Crippen LogP contribution in [0.4, 0.5) is 0 Å². The summed E-state index contributed by atoms with van der Waals surface area (Å²) in [6.45, 7) is 5.26. The van der Waals surface area contributed by atoms with E-state index in [0.29, 0.717) is 17.9 Å². The van der Waals surface area contributed by atoms with E-state index in [1.165, 1.54) is 24.0 Å². The van der Waals surface area contributed by atoms with Crippen molar-refractivity contribution in [1.82, 2.24) is 4.90 Å². The normalized spacial score (nSPS) is 15.0.